The molecule has 2 aromatic heterocycles. The average molecular weight is 392 g/mol. The molecule has 6 nitrogen and oxygen atoms in total. The molecular weight excluding hydrogens is 372 g/mol. The van der Waals surface area contributed by atoms with Crippen LogP contribution in [0, 0.1) is 0 Å². The summed E-state index contributed by atoms with van der Waals surface area (Å²) in [4.78, 5) is 17.7. The van der Waals surface area contributed by atoms with Crippen LogP contribution < -0.4 is 10.2 Å². The molecule has 0 aliphatic rings. The van der Waals surface area contributed by atoms with Crippen LogP contribution in [0.1, 0.15) is 30.6 Å². The second-order valence-electron chi connectivity index (χ2n) is 6.30. The minimum absolute atomic E-state index is 0.0302. The zero-order valence-corrected chi connectivity index (χ0v) is 16.7. The molecule has 142 valence electrons. The number of rotatable bonds is 5. The predicted octanol–water partition coefficient (Wildman–Crippen LogP) is 5.15. The van der Waals surface area contributed by atoms with Gasteiger partial charge in [0.25, 0.3) is 0 Å². The van der Waals surface area contributed by atoms with Gasteiger partial charge in [0.2, 0.25) is 11.0 Å². The lowest BCUT2D eigenvalue weighted by Gasteiger charge is -2.06. The first-order chi connectivity index (χ1) is 13.6. The summed E-state index contributed by atoms with van der Waals surface area (Å²) in [5.74, 6) is 0.781. The molecule has 1 N–H and O–H groups in total. The Morgan fingerprint density at radius 1 is 1.21 bits per heavy atom. The minimum Gasteiger partial charge on any atom is -0.497 e. The van der Waals surface area contributed by atoms with Crippen LogP contribution in [-0.2, 0) is 0 Å². The summed E-state index contributed by atoms with van der Waals surface area (Å²) in [6.07, 6.45) is 0.771. The summed E-state index contributed by atoms with van der Waals surface area (Å²) in [7, 11) is 1.65. The van der Waals surface area contributed by atoms with E-state index in [0.717, 1.165) is 44.7 Å². The lowest BCUT2D eigenvalue weighted by Crippen LogP contribution is -2.03. The fraction of sp³-hybridized carbons (Fsp3) is 0.190. The van der Waals surface area contributed by atoms with E-state index in [1.807, 2.05) is 48.5 Å². The molecule has 0 unspecified atom stereocenters. The maximum atomic E-state index is 12.2. The summed E-state index contributed by atoms with van der Waals surface area (Å²) in [5.41, 5.74) is 6.71. The summed E-state index contributed by atoms with van der Waals surface area (Å²) in [6.45, 7) is 3.62. The molecule has 0 radical (unpaired) electrons. The van der Waals surface area contributed by atoms with Gasteiger partial charge in [0, 0.05) is 12.3 Å². The van der Waals surface area contributed by atoms with Crippen LogP contribution in [0.4, 0.5) is 5.13 Å². The number of hydrogen-bond donors (Lipinski definition) is 1. The summed E-state index contributed by atoms with van der Waals surface area (Å²) in [6, 6.07) is 15.6. The molecule has 0 aliphatic carbocycles. The van der Waals surface area contributed by atoms with Crippen LogP contribution >= 0.6 is 11.3 Å². The van der Waals surface area contributed by atoms with E-state index in [-0.39, 0.29) is 5.91 Å². The largest absolute Gasteiger partial charge is 0.497 e. The number of para-hydroxylation sites is 1. The number of nitrogens with zero attached hydrogens (tertiary/aromatic N) is 3. The van der Waals surface area contributed by atoms with Crippen molar-refractivity contribution in [1.82, 2.24) is 9.55 Å². The Kier molecular flexibility index (Phi) is 4.83. The number of carbonyl (C=O) groups excluding carboxylic acids is 1. The van der Waals surface area contributed by atoms with E-state index in [2.05, 4.69) is 22.4 Å². The van der Waals surface area contributed by atoms with Gasteiger partial charge in [-0.1, -0.05) is 36.5 Å². The number of aromatic nitrogens is 2. The number of thiazole rings is 1. The van der Waals surface area contributed by atoms with E-state index in [1.165, 1.54) is 11.3 Å². The Hall–Kier alpha value is -3.19. The molecule has 0 bridgehead atoms. The number of methoxy groups -OCH3 is 1. The van der Waals surface area contributed by atoms with Gasteiger partial charge in [0.1, 0.15) is 16.1 Å². The van der Waals surface area contributed by atoms with E-state index in [0.29, 0.717) is 5.13 Å². The molecule has 0 saturated heterocycles. The number of anilines is 1. The molecule has 0 spiro atoms. The first kappa shape index (κ1) is 18.2. The Bertz CT molecular complexity index is 1190. The van der Waals surface area contributed by atoms with Crippen molar-refractivity contribution < 1.29 is 9.53 Å². The van der Waals surface area contributed by atoms with Crippen molar-refractivity contribution in [3.05, 3.63) is 54.1 Å². The van der Waals surface area contributed by atoms with Crippen molar-refractivity contribution in [2.75, 3.05) is 12.5 Å². The number of fused-ring (bicyclic) bond motifs is 3. The van der Waals surface area contributed by atoms with Gasteiger partial charge >= 0.3 is 0 Å². The van der Waals surface area contributed by atoms with E-state index in [1.54, 1.807) is 18.6 Å². The van der Waals surface area contributed by atoms with Gasteiger partial charge in [-0.2, -0.15) is 5.10 Å². The highest BCUT2D eigenvalue weighted by atomic mass is 32.1. The van der Waals surface area contributed by atoms with Crippen molar-refractivity contribution in [3.63, 3.8) is 0 Å². The smallest absolute Gasteiger partial charge is 0.229 e. The lowest BCUT2D eigenvalue weighted by atomic mass is 10.1. The molecule has 0 fully saturated rings. The molecule has 0 amide bonds. The van der Waals surface area contributed by atoms with Gasteiger partial charge in [0.05, 0.1) is 18.3 Å². The third-order valence-corrected chi connectivity index (χ3v) is 5.52. The van der Waals surface area contributed by atoms with Gasteiger partial charge in [-0.05, 0) is 42.3 Å². The molecule has 0 saturated carbocycles. The molecule has 0 aliphatic heterocycles. The van der Waals surface area contributed by atoms with E-state index in [9.17, 15) is 4.79 Å². The van der Waals surface area contributed by atoms with Gasteiger partial charge < -0.3 is 4.74 Å². The summed E-state index contributed by atoms with van der Waals surface area (Å²) in [5, 5.41) is 6.17. The predicted molar refractivity (Wildman–Crippen MR) is 115 cm³/mol. The van der Waals surface area contributed by atoms with Crippen molar-refractivity contribution in [2.45, 2.75) is 20.3 Å². The molecule has 0 atom stereocenters. The Morgan fingerprint density at radius 3 is 2.64 bits per heavy atom. The van der Waals surface area contributed by atoms with Crippen molar-refractivity contribution in [1.29, 1.82) is 0 Å². The number of hydrogen-bond acceptors (Lipinski definition) is 6. The molecule has 4 rings (SSSR count). The average Bonchev–Trinajstić information content (AvgIpc) is 3.25. The highest BCUT2D eigenvalue weighted by molar-refractivity contribution is 7.22. The Balaban J connectivity index is 1.70. The zero-order chi connectivity index (χ0) is 19.7. The molecule has 2 heterocycles. The number of hydrazone groups is 1. The Labute approximate surface area is 166 Å². The van der Waals surface area contributed by atoms with E-state index < -0.39 is 0 Å². The first-order valence-electron chi connectivity index (χ1n) is 9.00. The summed E-state index contributed by atoms with van der Waals surface area (Å²) >= 11 is 1.42. The highest BCUT2D eigenvalue weighted by Gasteiger charge is 2.17. The van der Waals surface area contributed by atoms with Gasteiger partial charge in [-0.3, -0.25) is 14.8 Å². The van der Waals surface area contributed by atoms with E-state index in [4.69, 9.17) is 4.74 Å². The van der Waals surface area contributed by atoms with Crippen LogP contribution in [0.25, 0.3) is 21.3 Å². The summed E-state index contributed by atoms with van der Waals surface area (Å²) < 4.78 is 6.92. The van der Waals surface area contributed by atoms with Crippen molar-refractivity contribution in [2.24, 2.45) is 5.10 Å². The van der Waals surface area contributed by atoms with Gasteiger partial charge in [-0.15, -0.1) is 0 Å². The second-order valence-corrected chi connectivity index (χ2v) is 7.27. The lowest BCUT2D eigenvalue weighted by molar-refractivity contribution is 0.0947. The second kappa shape index (κ2) is 7.44. The van der Waals surface area contributed by atoms with Crippen LogP contribution in [0.3, 0.4) is 0 Å². The van der Waals surface area contributed by atoms with Crippen LogP contribution in [0.2, 0.25) is 0 Å². The molecule has 7 heteroatoms. The van der Waals surface area contributed by atoms with Crippen molar-refractivity contribution >= 4 is 49.3 Å². The van der Waals surface area contributed by atoms with Crippen molar-refractivity contribution in [3.8, 4) is 5.75 Å². The third kappa shape index (κ3) is 3.14. The normalized spacial score (nSPS) is 11.9. The monoisotopic (exact) mass is 392 g/mol. The SMILES string of the molecule is CCC(=NNc1nc2c3ccccc3n(C(C)=O)c2s1)c1ccc(OC)cc1. The highest BCUT2D eigenvalue weighted by Crippen LogP contribution is 2.34. The Morgan fingerprint density at radius 2 is 1.96 bits per heavy atom. The molecule has 28 heavy (non-hydrogen) atoms. The van der Waals surface area contributed by atoms with Gasteiger partial charge in [-0.25, -0.2) is 4.98 Å². The van der Waals surface area contributed by atoms with Crippen LogP contribution in [-0.4, -0.2) is 28.3 Å². The third-order valence-electron chi connectivity index (χ3n) is 4.57. The molecular formula is C21H20N4O2S. The fourth-order valence-corrected chi connectivity index (χ4v) is 4.21. The number of ether oxygens (including phenoxy) is 1. The fourth-order valence-electron chi connectivity index (χ4n) is 3.22. The first-order valence-corrected chi connectivity index (χ1v) is 9.82. The number of carbonyl (C=O) groups is 1. The maximum Gasteiger partial charge on any atom is 0.229 e. The maximum absolute atomic E-state index is 12.2. The molecule has 4 aromatic rings. The number of benzene rings is 2. The topological polar surface area (TPSA) is 68.5 Å². The quantitative estimate of drug-likeness (QED) is 0.377. The number of nitrogens with one attached hydrogen (secondary N) is 1. The van der Waals surface area contributed by atoms with E-state index >= 15 is 0 Å². The minimum atomic E-state index is -0.0302. The van der Waals surface area contributed by atoms with Crippen LogP contribution in [0.5, 0.6) is 5.75 Å². The van der Waals surface area contributed by atoms with Gasteiger partial charge in [0.15, 0.2) is 0 Å². The standard InChI is InChI=1S/C21H20N4O2S/c1-4-17(14-9-11-15(27-3)12-10-14)23-24-21-22-19-16-7-5-6-8-18(16)25(13(2)26)20(19)28-21/h5-12H,4H2,1-3H3,(H,22,24). The zero-order valence-electron chi connectivity index (χ0n) is 15.9. The van der Waals surface area contributed by atoms with Crippen LogP contribution in [0.15, 0.2) is 53.6 Å². The molecule has 2 aromatic carbocycles.